The third kappa shape index (κ3) is 4.45. The van der Waals surface area contributed by atoms with Crippen LogP contribution in [0.2, 0.25) is 0 Å². The number of hydrogen-bond donors (Lipinski definition) is 2. The number of methoxy groups -OCH3 is 1. The van der Waals surface area contributed by atoms with Crippen LogP contribution in [0.4, 0.5) is 5.82 Å². The molecular formula is C23H20BrN3O3S. The summed E-state index contributed by atoms with van der Waals surface area (Å²) in [5.74, 6) is 0.0742. The lowest BCUT2D eigenvalue weighted by Crippen LogP contribution is -2.30. The maximum atomic E-state index is 13.2. The third-order valence-corrected chi connectivity index (χ3v) is 6.52. The molecule has 2 aromatic carbocycles. The van der Waals surface area contributed by atoms with E-state index >= 15 is 0 Å². The molecule has 1 aliphatic rings. The predicted octanol–water partition coefficient (Wildman–Crippen LogP) is 4.83. The molecule has 0 bridgehead atoms. The maximum absolute atomic E-state index is 13.2. The highest BCUT2D eigenvalue weighted by Gasteiger charge is 2.36. The van der Waals surface area contributed by atoms with Gasteiger partial charge < -0.3 is 15.0 Å². The van der Waals surface area contributed by atoms with E-state index in [-0.39, 0.29) is 5.56 Å². The highest BCUT2D eigenvalue weighted by Crippen LogP contribution is 2.40. The standard InChI is InChI=1S/C23H20BrN3O3S/c1-13-17(22(29)30-2)18(15-8-10-16(24)11-9-15)19-20(25-13)26-23(27-21(19)28)31-12-14-6-4-3-5-7-14/h3-11,18H,12H2,1-2H3,(H2,25,26,27,28). The summed E-state index contributed by atoms with van der Waals surface area (Å²) in [6.07, 6.45) is 0. The Morgan fingerprint density at radius 3 is 2.55 bits per heavy atom. The number of allylic oxidation sites excluding steroid dienone is 1. The average molecular weight is 498 g/mol. The zero-order valence-electron chi connectivity index (χ0n) is 16.9. The first-order valence-corrected chi connectivity index (χ1v) is 11.4. The first kappa shape index (κ1) is 21.4. The Morgan fingerprint density at radius 2 is 1.87 bits per heavy atom. The summed E-state index contributed by atoms with van der Waals surface area (Å²) in [6, 6.07) is 17.5. The minimum Gasteiger partial charge on any atom is -0.466 e. The largest absolute Gasteiger partial charge is 0.466 e. The molecule has 0 amide bonds. The van der Waals surface area contributed by atoms with Gasteiger partial charge in [-0.25, -0.2) is 9.78 Å². The van der Waals surface area contributed by atoms with E-state index < -0.39 is 11.9 Å². The van der Waals surface area contributed by atoms with E-state index in [0.29, 0.717) is 33.6 Å². The number of carbonyl (C=O) groups is 1. The Hall–Kier alpha value is -2.84. The van der Waals surface area contributed by atoms with Crippen molar-refractivity contribution in [1.29, 1.82) is 0 Å². The molecule has 0 saturated heterocycles. The van der Waals surface area contributed by atoms with Gasteiger partial charge in [0.15, 0.2) is 5.16 Å². The number of fused-ring (bicyclic) bond motifs is 1. The summed E-state index contributed by atoms with van der Waals surface area (Å²) in [7, 11) is 1.34. The Kier molecular flexibility index (Phi) is 6.29. The zero-order valence-corrected chi connectivity index (χ0v) is 19.3. The second kappa shape index (κ2) is 9.11. The van der Waals surface area contributed by atoms with Crippen LogP contribution in [0.25, 0.3) is 0 Å². The SMILES string of the molecule is COC(=O)C1=C(C)Nc2nc(SCc3ccccc3)[nH]c(=O)c2C1c1ccc(Br)cc1. The fraction of sp³-hybridized carbons (Fsp3) is 0.174. The first-order chi connectivity index (χ1) is 15.0. The highest BCUT2D eigenvalue weighted by molar-refractivity contribution is 9.10. The highest BCUT2D eigenvalue weighted by atomic mass is 79.9. The molecule has 6 nitrogen and oxygen atoms in total. The molecule has 1 atom stereocenters. The number of thioether (sulfide) groups is 1. The van der Waals surface area contributed by atoms with Gasteiger partial charge in [0.1, 0.15) is 5.82 Å². The molecule has 0 spiro atoms. The van der Waals surface area contributed by atoms with Gasteiger partial charge in [0.05, 0.1) is 24.2 Å². The van der Waals surface area contributed by atoms with Crippen LogP contribution >= 0.6 is 27.7 Å². The Labute approximate surface area is 192 Å². The van der Waals surface area contributed by atoms with Gasteiger partial charge in [0, 0.05) is 15.9 Å². The quantitative estimate of drug-likeness (QED) is 0.298. The number of hydrogen-bond acceptors (Lipinski definition) is 6. The number of carbonyl (C=O) groups excluding carboxylic acids is 1. The number of nitrogens with zero attached hydrogens (tertiary/aromatic N) is 1. The van der Waals surface area contributed by atoms with E-state index in [1.807, 2.05) is 54.6 Å². The van der Waals surface area contributed by atoms with Crippen molar-refractivity contribution in [1.82, 2.24) is 9.97 Å². The molecule has 2 N–H and O–H groups in total. The van der Waals surface area contributed by atoms with Crippen molar-refractivity contribution in [3.63, 3.8) is 0 Å². The van der Waals surface area contributed by atoms with Crippen molar-refractivity contribution in [2.24, 2.45) is 0 Å². The number of H-pyrrole nitrogens is 1. The average Bonchev–Trinajstić information content (AvgIpc) is 2.77. The number of benzene rings is 2. The van der Waals surface area contributed by atoms with Crippen LogP contribution in [0.1, 0.15) is 29.5 Å². The second-order valence-electron chi connectivity index (χ2n) is 7.05. The number of nitrogens with one attached hydrogen (secondary N) is 2. The van der Waals surface area contributed by atoms with Crippen LogP contribution in [0.3, 0.4) is 0 Å². The monoisotopic (exact) mass is 497 g/mol. The summed E-state index contributed by atoms with van der Waals surface area (Å²) in [6.45, 7) is 1.79. The Balaban J connectivity index is 1.77. The molecule has 2 heterocycles. The molecule has 0 fully saturated rings. The molecular weight excluding hydrogens is 478 g/mol. The fourth-order valence-corrected chi connectivity index (χ4v) is 4.68. The lowest BCUT2D eigenvalue weighted by Gasteiger charge is -2.28. The molecule has 1 aromatic heterocycles. The van der Waals surface area contributed by atoms with Crippen molar-refractivity contribution in [3.8, 4) is 0 Å². The summed E-state index contributed by atoms with van der Waals surface area (Å²) in [5, 5.41) is 3.66. The van der Waals surface area contributed by atoms with Crippen LogP contribution in [0.15, 0.2) is 80.3 Å². The van der Waals surface area contributed by atoms with Gasteiger partial charge >= 0.3 is 5.97 Å². The lowest BCUT2D eigenvalue weighted by atomic mass is 9.82. The van der Waals surface area contributed by atoms with Crippen LogP contribution in [0.5, 0.6) is 0 Å². The lowest BCUT2D eigenvalue weighted by molar-refractivity contribution is -0.136. The minimum atomic E-state index is -0.582. The predicted molar refractivity (Wildman–Crippen MR) is 125 cm³/mol. The molecule has 0 saturated carbocycles. The number of ether oxygens (including phenoxy) is 1. The van der Waals surface area contributed by atoms with Crippen molar-refractivity contribution < 1.29 is 9.53 Å². The van der Waals surface area contributed by atoms with E-state index in [0.717, 1.165) is 15.6 Å². The molecule has 31 heavy (non-hydrogen) atoms. The van der Waals surface area contributed by atoms with Gasteiger partial charge in [-0.1, -0.05) is 70.2 Å². The summed E-state index contributed by atoms with van der Waals surface area (Å²) < 4.78 is 5.93. The van der Waals surface area contributed by atoms with Gasteiger partial charge in [-0.3, -0.25) is 4.79 Å². The normalized spacial score (nSPS) is 15.3. The molecule has 8 heteroatoms. The number of anilines is 1. The van der Waals surface area contributed by atoms with Gasteiger partial charge in [-0.15, -0.1) is 0 Å². The second-order valence-corrected chi connectivity index (χ2v) is 8.93. The minimum absolute atomic E-state index is 0.283. The van der Waals surface area contributed by atoms with Crippen molar-refractivity contribution in [2.45, 2.75) is 23.8 Å². The van der Waals surface area contributed by atoms with E-state index in [1.165, 1.54) is 18.9 Å². The van der Waals surface area contributed by atoms with Crippen LogP contribution in [-0.2, 0) is 15.3 Å². The summed E-state index contributed by atoms with van der Waals surface area (Å²) in [4.78, 5) is 33.3. The number of aromatic amines is 1. The van der Waals surface area contributed by atoms with E-state index in [2.05, 4.69) is 31.2 Å². The zero-order chi connectivity index (χ0) is 22.0. The third-order valence-electron chi connectivity index (χ3n) is 5.05. The van der Waals surface area contributed by atoms with E-state index in [1.54, 1.807) is 6.92 Å². The van der Waals surface area contributed by atoms with Gasteiger partial charge in [0.25, 0.3) is 5.56 Å². The van der Waals surface area contributed by atoms with Crippen LogP contribution in [-0.4, -0.2) is 23.0 Å². The maximum Gasteiger partial charge on any atom is 0.336 e. The fourth-order valence-electron chi connectivity index (χ4n) is 3.59. The number of halogens is 1. The Morgan fingerprint density at radius 1 is 1.16 bits per heavy atom. The van der Waals surface area contributed by atoms with Crippen molar-refractivity contribution in [3.05, 3.63) is 97.4 Å². The van der Waals surface area contributed by atoms with Gasteiger partial charge in [-0.2, -0.15) is 0 Å². The van der Waals surface area contributed by atoms with Crippen LogP contribution < -0.4 is 10.9 Å². The van der Waals surface area contributed by atoms with Crippen molar-refractivity contribution >= 4 is 39.5 Å². The molecule has 0 aliphatic carbocycles. The molecule has 4 rings (SSSR count). The smallest absolute Gasteiger partial charge is 0.336 e. The topological polar surface area (TPSA) is 84.1 Å². The molecule has 158 valence electrons. The molecule has 0 radical (unpaired) electrons. The van der Waals surface area contributed by atoms with Crippen LogP contribution in [0, 0.1) is 0 Å². The van der Waals surface area contributed by atoms with Crippen molar-refractivity contribution in [2.75, 3.05) is 12.4 Å². The number of esters is 1. The van der Waals surface area contributed by atoms with Gasteiger partial charge in [-0.05, 0) is 30.2 Å². The summed E-state index contributed by atoms with van der Waals surface area (Å²) in [5.41, 5.74) is 3.08. The number of aromatic nitrogens is 2. The summed E-state index contributed by atoms with van der Waals surface area (Å²) >= 11 is 4.88. The first-order valence-electron chi connectivity index (χ1n) is 9.60. The van der Waals surface area contributed by atoms with Gasteiger partial charge in [0.2, 0.25) is 0 Å². The number of rotatable bonds is 5. The van der Waals surface area contributed by atoms with E-state index in [9.17, 15) is 9.59 Å². The molecule has 1 aliphatic heterocycles. The van der Waals surface area contributed by atoms with E-state index in [4.69, 9.17) is 4.74 Å². The molecule has 3 aromatic rings. The molecule has 1 unspecified atom stereocenters. The Bertz CT molecular complexity index is 1210.